The van der Waals surface area contributed by atoms with Gasteiger partial charge in [-0.2, -0.15) is 0 Å². The Morgan fingerprint density at radius 3 is 3.04 bits per heavy atom. The van der Waals surface area contributed by atoms with Crippen LogP contribution in [0.3, 0.4) is 0 Å². The first-order valence-electron chi connectivity index (χ1n) is 8.74. The summed E-state index contributed by atoms with van der Waals surface area (Å²) >= 11 is 0. The molecular formula is C20H21N3O3. The highest BCUT2D eigenvalue weighted by molar-refractivity contribution is 5.94. The Balaban J connectivity index is 1.36. The van der Waals surface area contributed by atoms with Crippen LogP contribution in [0.2, 0.25) is 0 Å². The number of aromatic amines is 1. The van der Waals surface area contributed by atoms with Gasteiger partial charge in [0, 0.05) is 36.4 Å². The Hall–Kier alpha value is -2.86. The standard InChI is InChI=1S/C20H21N3O3/c1-13-8-16-9-14(2-4-18(16)23-13)10-22-20(24)15-3-5-19(21-11-15)26-17-6-7-25-12-17/h2-5,8-9,11,17,23H,6-7,10,12H2,1H3,(H,22,24). The summed E-state index contributed by atoms with van der Waals surface area (Å²) in [6.45, 7) is 3.81. The maximum absolute atomic E-state index is 12.3. The van der Waals surface area contributed by atoms with Crippen molar-refractivity contribution in [2.24, 2.45) is 0 Å². The van der Waals surface area contributed by atoms with Crippen molar-refractivity contribution in [2.75, 3.05) is 13.2 Å². The Bertz CT molecular complexity index is 912. The second-order valence-corrected chi connectivity index (χ2v) is 6.55. The molecule has 3 aromatic rings. The van der Waals surface area contributed by atoms with Gasteiger partial charge >= 0.3 is 0 Å². The molecule has 1 saturated heterocycles. The summed E-state index contributed by atoms with van der Waals surface area (Å²) < 4.78 is 11.0. The molecule has 1 aliphatic rings. The van der Waals surface area contributed by atoms with Crippen molar-refractivity contribution < 1.29 is 14.3 Å². The van der Waals surface area contributed by atoms with E-state index < -0.39 is 0 Å². The summed E-state index contributed by atoms with van der Waals surface area (Å²) in [6.07, 6.45) is 2.46. The van der Waals surface area contributed by atoms with Crippen LogP contribution in [0, 0.1) is 6.92 Å². The lowest BCUT2D eigenvalue weighted by atomic mass is 10.1. The van der Waals surface area contributed by atoms with E-state index in [9.17, 15) is 4.79 Å². The molecule has 0 aliphatic carbocycles. The second-order valence-electron chi connectivity index (χ2n) is 6.55. The number of carbonyl (C=O) groups is 1. The molecule has 2 N–H and O–H groups in total. The molecular weight excluding hydrogens is 330 g/mol. The molecule has 2 aromatic heterocycles. The third-order valence-electron chi connectivity index (χ3n) is 4.45. The van der Waals surface area contributed by atoms with E-state index in [1.807, 2.05) is 19.1 Å². The zero-order chi connectivity index (χ0) is 17.9. The number of nitrogens with zero attached hydrogens (tertiary/aromatic N) is 1. The van der Waals surface area contributed by atoms with Gasteiger partial charge in [-0.05, 0) is 42.1 Å². The first-order valence-corrected chi connectivity index (χ1v) is 8.74. The number of H-pyrrole nitrogens is 1. The van der Waals surface area contributed by atoms with Gasteiger partial charge in [-0.25, -0.2) is 4.98 Å². The predicted molar refractivity (Wildman–Crippen MR) is 98.3 cm³/mol. The van der Waals surface area contributed by atoms with E-state index in [0.717, 1.165) is 35.2 Å². The fourth-order valence-corrected chi connectivity index (χ4v) is 3.08. The largest absolute Gasteiger partial charge is 0.472 e. The van der Waals surface area contributed by atoms with E-state index in [1.165, 1.54) is 0 Å². The van der Waals surface area contributed by atoms with E-state index in [-0.39, 0.29) is 12.0 Å². The highest BCUT2D eigenvalue weighted by Crippen LogP contribution is 2.17. The molecule has 6 nitrogen and oxygen atoms in total. The molecule has 0 spiro atoms. The fourth-order valence-electron chi connectivity index (χ4n) is 3.08. The molecule has 4 rings (SSSR count). The van der Waals surface area contributed by atoms with Crippen molar-refractivity contribution in [1.29, 1.82) is 0 Å². The van der Waals surface area contributed by atoms with Crippen molar-refractivity contribution >= 4 is 16.8 Å². The van der Waals surface area contributed by atoms with Crippen LogP contribution in [0.4, 0.5) is 0 Å². The lowest BCUT2D eigenvalue weighted by molar-refractivity contribution is 0.0950. The Morgan fingerprint density at radius 2 is 2.27 bits per heavy atom. The molecule has 1 fully saturated rings. The van der Waals surface area contributed by atoms with Gasteiger partial charge in [-0.15, -0.1) is 0 Å². The van der Waals surface area contributed by atoms with Crippen LogP contribution in [0.1, 0.15) is 28.0 Å². The average molecular weight is 351 g/mol. The molecule has 0 saturated carbocycles. The number of hydrogen-bond acceptors (Lipinski definition) is 4. The molecule has 1 atom stereocenters. The maximum Gasteiger partial charge on any atom is 0.253 e. The molecule has 1 unspecified atom stereocenters. The molecule has 0 bridgehead atoms. The number of fused-ring (bicyclic) bond motifs is 1. The zero-order valence-electron chi connectivity index (χ0n) is 14.6. The number of carbonyl (C=O) groups excluding carboxylic acids is 1. The summed E-state index contributed by atoms with van der Waals surface area (Å²) in [5, 5.41) is 4.08. The van der Waals surface area contributed by atoms with Crippen LogP contribution in [-0.2, 0) is 11.3 Å². The van der Waals surface area contributed by atoms with Gasteiger partial charge in [0.1, 0.15) is 6.10 Å². The first kappa shape index (κ1) is 16.6. The zero-order valence-corrected chi connectivity index (χ0v) is 14.6. The Kier molecular flexibility index (Phi) is 4.58. The van der Waals surface area contributed by atoms with E-state index in [4.69, 9.17) is 9.47 Å². The minimum absolute atomic E-state index is 0.0501. The monoisotopic (exact) mass is 351 g/mol. The number of nitrogens with one attached hydrogen (secondary N) is 2. The third-order valence-corrected chi connectivity index (χ3v) is 4.45. The quantitative estimate of drug-likeness (QED) is 0.741. The lowest BCUT2D eigenvalue weighted by Crippen LogP contribution is -2.23. The molecule has 0 radical (unpaired) electrons. The van der Waals surface area contributed by atoms with Gasteiger partial charge in [0.15, 0.2) is 0 Å². The highest BCUT2D eigenvalue weighted by atomic mass is 16.5. The molecule has 3 heterocycles. The molecule has 6 heteroatoms. The predicted octanol–water partition coefficient (Wildman–Crippen LogP) is 2.97. The van der Waals surface area contributed by atoms with E-state index >= 15 is 0 Å². The minimum Gasteiger partial charge on any atom is -0.472 e. The third kappa shape index (κ3) is 3.70. The fraction of sp³-hybridized carbons (Fsp3) is 0.300. The van der Waals surface area contributed by atoms with Crippen molar-refractivity contribution in [3.8, 4) is 5.88 Å². The van der Waals surface area contributed by atoms with Gasteiger partial charge in [0.2, 0.25) is 5.88 Å². The number of pyridine rings is 1. The van der Waals surface area contributed by atoms with Gasteiger partial charge in [-0.3, -0.25) is 4.79 Å². The smallest absolute Gasteiger partial charge is 0.253 e. The van der Waals surface area contributed by atoms with E-state index in [0.29, 0.717) is 24.6 Å². The van der Waals surface area contributed by atoms with Gasteiger partial charge in [0.25, 0.3) is 5.91 Å². The summed E-state index contributed by atoms with van der Waals surface area (Å²) in [4.78, 5) is 19.8. The van der Waals surface area contributed by atoms with Gasteiger partial charge < -0.3 is 19.8 Å². The summed E-state index contributed by atoms with van der Waals surface area (Å²) in [6, 6.07) is 11.7. The first-order chi connectivity index (χ1) is 12.7. The molecule has 1 aromatic carbocycles. The summed E-state index contributed by atoms with van der Waals surface area (Å²) in [5.74, 6) is 0.365. The van der Waals surface area contributed by atoms with Crippen molar-refractivity contribution in [3.63, 3.8) is 0 Å². The van der Waals surface area contributed by atoms with Crippen LogP contribution in [0.25, 0.3) is 10.9 Å². The average Bonchev–Trinajstić information content (AvgIpc) is 3.28. The summed E-state index contributed by atoms with van der Waals surface area (Å²) in [5.41, 5.74) is 3.79. The lowest BCUT2D eigenvalue weighted by Gasteiger charge is -2.11. The van der Waals surface area contributed by atoms with E-state index in [2.05, 4.69) is 27.4 Å². The van der Waals surface area contributed by atoms with Crippen LogP contribution in [0.15, 0.2) is 42.6 Å². The van der Waals surface area contributed by atoms with E-state index in [1.54, 1.807) is 18.3 Å². The number of aryl methyl sites for hydroxylation is 1. The normalized spacial score (nSPS) is 16.7. The second kappa shape index (κ2) is 7.17. The topological polar surface area (TPSA) is 76.2 Å². The van der Waals surface area contributed by atoms with Crippen molar-refractivity contribution in [2.45, 2.75) is 26.0 Å². The molecule has 134 valence electrons. The van der Waals surface area contributed by atoms with Gasteiger partial charge in [0.05, 0.1) is 18.8 Å². The maximum atomic E-state index is 12.3. The van der Waals surface area contributed by atoms with Crippen LogP contribution >= 0.6 is 0 Å². The van der Waals surface area contributed by atoms with Crippen molar-refractivity contribution in [3.05, 3.63) is 59.4 Å². The van der Waals surface area contributed by atoms with Gasteiger partial charge in [-0.1, -0.05) is 6.07 Å². The molecule has 26 heavy (non-hydrogen) atoms. The minimum atomic E-state index is -0.154. The summed E-state index contributed by atoms with van der Waals surface area (Å²) in [7, 11) is 0. The number of aromatic nitrogens is 2. The van der Waals surface area contributed by atoms with Crippen molar-refractivity contribution in [1.82, 2.24) is 15.3 Å². The SMILES string of the molecule is Cc1cc2cc(CNC(=O)c3ccc(OC4CCOC4)nc3)ccc2[nH]1. The van der Waals surface area contributed by atoms with Crippen LogP contribution in [0.5, 0.6) is 5.88 Å². The number of ether oxygens (including phenoxy) is 2. The number of hydrogen-bond donors (Lipinski definition) is 2. The Labute approximate surface area is 151 Å². The molecule has 1 amide bonds. The Morgan fingerprint density at radius 1 is 1.35 bits per heavy atom. The number of benzene rings is 1. The van der Waals surface area contributed by atoms with Crippen LogP contribution in [-0.4, -0.2) is 35.2 Å². The number of rotatable bonds is 5. The highest BCUT2D eigenvalue weighted by Gasteiger charge is 2.17. The molecule has 1 aliphatic heterocycles. The number of amides is 1. The van der Waals surface area contributed by atoms with Crippen LogP contribution < -0.4 is 10.1 Å².